The SMILES string of the molecule is CCC(C)(C)C(=O)Nc1ccc(N2CCN(C3c4ccccc4NC(=O)c4ccccc43)CC2)c(C#N)c1. The van der Waals surface area contributed by atoms with Gasteiger partial charge < -0.3 is 15.5 Å². The van der Waals surface area contributed by atoms with Crippen LogP contribution in [-0.4, -0.2) is 42.9 Å². The molecule has 194 valence electrons. The second kappa shape index (κ2) is 10.3. The number of nitriles is 1. The molecule has 2 N–H and O–H groups in total. The molecule has 1 unspecified atom stereocenters. The summed E-state index contributed by atoms with van der Waals surface area (Å²) >= 11 is 0. The molecule has 1 atom stereocenters. The highest BCUT2D eigenvalue weighted by atomic mass is 16.2. The van der Waals surface area contributed by atoms with Gasteiger partial charge in [0.2, 0.25) is 5.91 Å². The van der Waals surface area contributed by atoms with Gasteiger partial charge in [0.1, 0.15) is 6.07 Å². The van der Waals surface area contributed by atoms with Crippen LogP contribution in [0.25, 0.3) is 0 Å². The predicted octanol–water partition coefficient (Wildman–Crippen LogP) is 5.41. The summed E-state index contributed by atoms with van der Waals surface area (Å²) in [6.07, 6.45) is 0.729. The lowest BCUT2D eigenvalue weighted by Crippen LogP contribution is -2.48. The van der Waals surface area contributed by atoms with Gasteiger partial charge in [-0.2, -0.15) is 5.26 Å². The van der Waals surface area contributed by atoms with Crippen molar-refractivity contribution in [1.29, 1.82) is 5.26 Å². The Labute approximate surface area is 224 Å². The number of amides is 2. The van der Waals surface area contributed by atoms with Gasteiger partial charge in [-0.1, -0.05) is 57.2 Å². The molecule has 1 fully saturated rings. The maximum Gasteiger partial charge on any atom is 0.256 e. The average Bonchev–Trinajstić information content (AvgIpc) is 3.07. The van der Waals surface area contributed by atoms with Crippen molar-refractivity contribution < 1.29 is 9.59 Å². The molecule has 0 aliphatic carbocycles. The molecule has 0 saturated carbocycles. The fourth-order valence-electron chi connectivity index (χ4n) is 5.20. The van der Waals surface area contributed by atoms with E-state index < -0.39 is 5.41 Å². The van der Waals surface area contributed by atoms with Crippen LogP contribution >= 0.6 is 0 Å². The molecule has 0 radical (unpaired) electrons. The zero-order chi connectivity index (χ0) is 26.9. The zero-order valence-electron chi connectivity index (χ0n) is 22.1. The highest BCUT2D eigenvalue weighted by molar-refractivity contribution is 6.07. The van der Waals surface area contributed by atoms with Gasteiger partial charge in [0, 0.05) is 48.5 Å². The molecule has 3 aromatic carbocycles. The van der Waals surface area contributed by atoms with Crippen LogP contribution in [0.4, 0.5) is 17.1 Å². The number of carbonyl (C=O) groups excluding carboxylic acids is 2. The Hall–Kier alpha value is -4.15. The van der Waals surface area contributed by atoms with Crippen LogP contribution in [0.5, 0.6) is 0 Å². The van der Waals surface area contributed by atoms with E-state index in [4.69, 9.17) is 0 Å². The van der Waals surface area contributed by atoms with Crippen molar-refractivity contribution in [2.45, 2.75) is 33.2 Å². The van der Waals surface area contributed by atoms with Crippen LogP contribution in [0.15, 0.2) is 66.7 Å². The molecule has 3 aromatic rings. The van der Waals surface area contributed by atoms with Crippen LogP contribution in [0.3, 0.4) is 0 Å². The average molecular weight is 508 g/mol. The summed E-state index contributed by atoms with van der Waals surface area (Å²) in [6.45, 7) is 8.85. The van der Waals surface area contributed by atoms with E-state index in [1.165, 1.54) is 0 Å². The largest absolute Gasteiger partial charge is 0.368 e. The van der Waals surface area contributed by atoms with Gasteiger partial charge in [0.15, 0.2) is 0 Å². The molecule has 7 nitrogen and oxygen atoms in total. The molecular weight excluding hydrogens is 474 g/mol. The first-order chi connectivity index (χ1) is 18.3. The van der Waals surface area contributed by atoms with Crippen molar-refractivity contribution in [3.63, 3.8) is 0 Å². The number of nitrogens with one attached hydrogen (secondary N) is 2. The minimum atomic E-state index is -0.475. The van der Waals surface area contributed by atoms with Crippen LogP contribution in [0, 0.1) is 16.7 Å². The lowest BCUT2D eigenvalue weighted by atomic mass is 9.89. The van der Waals surface area contributed by atoms with E-state index in [0.717, 1.165) is 55.1 Å². The summed E-state index contributed by atoms with van der Waals surface area (Å²) in [5.74, 6) is -0.135. The second-order valence-corrected chi connectivity index (χ2v) is 10.6. The maximum atomic E-state index is 13.0. The minimum Gasteiger partial charge on any atom is -0.368 e. The molecule has 0 spiro atoms. The van der Waals surface area contributed by atoms with Gasteiger partial charge in [0.05, 0.1) is 17.3 Å². The van der Waals surface area contributed by atoms with Gasteiger partial charge in [-0.05, 0) is 47.9 Å². The molecule has 2 heterocycles. The highest BCUT2D eigenvalue weighted by Crippen LogP contribution is 2.39. The first kappa shape index (κ1) is 25.5. The third kappa shape index (κ3) is 4.75. The van der Waals surface area contributed by atoms with Crippen molar-refractivity contribution in [1.82, 2.24) is 4.90 Å². The molecule has 2 aliphatic heterocycles. The number of anilines is 3. The van der Waals surface area contributed by atoms with Gasteiger partial charge in [-0.15, -0.1) is 0 Å². The van der Waals surface area contributed by atoms with E-state index >= 15 is 0 Å². The van der Waals surface area contributed by atoms with Gasteiger partial charge in [-0.25, -0.2) is 0 Å². The quantitative estimate of drug-likeness (QED) is 0.482. The van der Waals surface area contributed by atoms with E-state index in [1.807, 2.05) is 69.3 Å². The second-order valence-electron chi connectivity index (χ2n) is 10.6. The number of nitrogens with zero attached hydrogens (tertiary/aromatic N) is 3. The summed E-state index contributed by atoms with van der Waals surface area (Å²) in [7, 11) is 0. The van der Waals surface area contributed by atoms with E-state index in [0.29, 0.717) is 16.8 Å². The van der Waals surface area contributed by atoms with Crippen LogP contribution in [0.1, 0.15) is 60.3 Å². The Morgan fingerprint density at radius 2 is 1.71 bits per heavy atom. The summed E-state index contributed by atoms with van der Waals surface area (Å²) in [5.41, 5.74) is 5.23. The summed E-state index contributed by atoms with van der Waals surface area (Å²) < 4.78 is 0. The lowest BCUT2D eigenvalue weighted by Gasteiger charge is -2.41. The lowest BCUT2D eigenvalue weighted by molar-refractivity contribution is -0.124. The Morgan fingerprint density at radius 1 is 1.03 bits per heavy atom. The Balaban J connectivity index is 1.37. The van der Waals surface area contributed by atoms with Crippen molar-refractivity contribution in [3.05, 3.63) is 89.0 Å². The number of hydrogen-bond donors (Lipinski definition) is 2. The molecule has 2 aliphatic rings. The van der Waals surface area contributed by atoms with Crippen molar-refractivity contribution >= 4 is 28.9 Å². The van der Waals surface area contributed by atoms with Crippen molar-refractivity contribution in [2.75, 3.05) is 41.7 Å². The fraction of sp³-hybridized carbons (Fsp3) is 0.323. The van der Waals surface area contributed by atoms with Crippen molar-refractivity contribution in [2.24, 2.45) is 5.41 Å². The number of fused-ring (bicyclic) bond motifs is 2. The number of carbonyl (C=O) groups is 2. The van der Waals surface area contributed by atoms with E-state index in [-0.39, 0.29) is 17.9 Å². The molecule has 7 heteroatoms. The maximum absolute atomic E-state index is 13.0. The molecular formula is C31H33N5O2. The number of para-hydroxylation sites is 1. The normalized spacial score (nSPS) is 17.5. The number of benzene rings is 3. The standard InChI is InChI=1S/C31H33N5O2/c1-4-31(2,3)30(38)33-22-13-14-27(21(19-22)20-32)35-15-17-36(18-16-35)28-23-9-5-6-10-24(23)29(37)34-26-12-8-7-11-25(26)28/h5-14,19,28H,4,15-18H2,1-3H3,(H,33,38)(H,34,37). The molecule has 0 bridgehead atoms. The summed E-state index contributed by atoms with van der Waals surface area (Å²) in [6, 6.07) is 23.7. The Morgan fingerprint density at radius 3 is 2.42 bits per heavy atom. The monoisotopic (exact) mass is 507 g/mol. The third-order valence-electron chi connectivity index (χ3n) is 7.90. The topological polar surface area (TPSA) is 88.5 Å². The molecule has 5 rings (SSSR count). The Bertz CT molecular complexity index is 1420. The van der Waals surface area contributed by atoms with E-state index in [9.17, 15) is 14.9 Å². The number of piperazine rings is 1. The molecule has 38 heavy (non-hydrogen) atoms. The molecule has 1 saturated heterocycles. The fourth-order valence-corrected chi connectivity index (χ4v) is 5.20. The van der Waals surface area contributed by atoms with E-state index in [2.05, 4.69) is 38.6 Å². The number of rotatable bonds is 5. The highest BCUT2D eigenvalue weighted by Gasteiger charge is 2.33. The third-order valence-corrected chi connectivity index (χ3v) is 7.90. The smallest absolute Gasteiger partial charge is 0.256 e. The van der Waals surface area contributed by atoms with Crippen LogP contribution in [-0.2, 0) is 4.79 Å². The van der Waals surface area contributed by atoms with Gasteiger partial charge in [-0.3, -0.25) is 14.5 Å². The Kier molecular flexibility index (Phi) is 6.92. The number of hydrogen-bond acceptors (Lipinski definition) is 5. The van der Waals surface area contributed by atoms with Crippen molar-refractivity contribution in [3.8, 4) is 6.07 Å². The first-order valence-electron chi connectivity index (χ1n) is 13.2. The summed E-state index contributed by atoms with van der Waals surface area (Å²) in [5, 5.41) is 16.0. The van der Waals surface area contributed by atoms with E-state index in [1.54, 1.807) is 6.07 Å². The van der Waals surface area contributed by atoms with Crippen LogP contribution < -0.4 is 15.5 Å². The predicted molar refractivity (Wildman–Crippen MR) is 150 cm³/mol. The minimum absolute atomic E-state index is 0.0431. The van der Waals surface area contributed by atoms with Gasteiger partial charge in [0.25, 0.3) is 5.91 Å². The first-order valence-corrected chi connectivity index (χ1v) is 13.2. The van der Waals surface area contributed by atoms with Gasteiger partial charge >= 0.3 is 0 Å². The summed E-state index contributed by atoms with van der Waals surface area (Å²) in [4.78, 5) is 30.2. The zero-order valence-corrected chi connectivity index (χ0v) is 22.1. The van der Waals surface area contributed by atoms with Crippen LogP contribution in [0.2, 0.25) is 0 Å². The molecule has 2 amide bonds. The molecule has 0 aromatic heterocycles.